The first kappa shape index (κ1) is 22.6. The molecule has 2 heterocycles. The zero-order valence-corrected chi connectivity index (χ0v) is 19.9. The van der Waals surface area contributed by atoms with E-state index in [1.165, 1.54) is 11.0 Å². The molecular weight excluding hydrogens is 503 g/mol. The molecule has 0 saturated carbocycles. The van der Waals surface area contributed by atoms with Gasteiger partial charge in [-0.1, -0.05) is 31.2 Å². The molecule has 0 unspecified atom stereocenters. The maximum atomic E-state index is 14.0. The standard InChI is InChI=1S/C26H22BrFN2O4/c1-2-14-33-19-11-9-17(10-12-19)29-25(31)22-23(16-8-13-21(28)20(27)15-16)30(34-24(22)26(29)32)18-6-4-3-5-7-18/h3-13,15,22-24H,2,14H2,1H3/t22-,23+,24-/m0/s1. The fraction of sp³-hybridized carbons (Fsp3) is 0.231. The van der Waals surface area contributed by atoms with Gasteiger partial charge in [0.05, 0.1) is 28.5 Å². The molecule has 174 valence electrons. The first-order valence-corrected chi connectivity index (χ1v) is 11.9. The van der Waals surface area contributed by atoms with Crippen LogP contribution in [0.4, 0.5) is 15.8 Å². The smallest absolute Gasteiger partial charge is 0.266 e. The summed E-state index contributed by atoms with van der Waals surface area (Å²) < 4.78 is 19.9. The van der Waals surface area contributed by atoms with E-state index in [0.717, 1.165) is 6.42 Å². The molecule has 2 fully saturated rings. The Kier molecular flexibility index (Phi) is 6.10. The third-order valence-corrected chi connectivity index (χ3v) is 6.59. The lowest BCUT2D eigenvalue weighted by Crippen LogP contribution is -2.37. The Morgan fingerprint density at radius 1 is 0.971 bits per heavy atom. The van der Waals surface area contributed by atoms with Crippen LogP contribution in [0.3, 0.4) is 0 Å². The summed E-state index contributed by atoms with van der Waals surface area (Å²) in [6.45, 7) is 2.60. The van der Waals surface area contributed by atoms with E-state index in [1.54, 1.807) is 41.5 Å². The number of benzene rings is 3. The van der Waals surface area contributed by atoms with E-state index >= 15 is 0 Å². The highest BCUT2D eigenvalue weighted by atomic mass is 79.9. The SMILES string of the molecule is CCCOc1ccc(N2C(=O)[C@@H]3[C@H](ON(c4ccccc4)[C@@H]3c3ccc(F)c(Br)c3)C2=O)cc1. The fourth-order valence-electron chi connectivity index (χ4n) is 4.41. The number of carbonyl (C=O) groups excluding carboxylic acids is 2. The van der Waals surface area contributed by atoms with Gasteiger partial charge in [-0.15, -0.1) is 0 Å². The van der Waals surface area contributed by atoms with Crippen LogP contribution in [-0.2, 0) is 14.4 Å². The highest BCUT2D eigenvalue weighted by molar-refractivity contribution is 9.10. The van der Waals surface area contributed by atoms with E-state index < -0.39 is 29.8 Å². The quantitative estimate of drug-likeness (QED) is 0.402. The summed E-state index contributed by atoms with van der Waals surface area (Å²) in [6.07, 6.45) is -0.109. The van der Waals surface area contributed by atoms with Crippen LogP contribution in [0.25, 0.3) is 0 Å². The van der Waals surface area contributed by atoms with Crippen LogP contribution in [0.2, 0.25) is 0 Å². The summed E-state index contributed by atoms with van der Waals surface area (Å²) >= 11 is 3.23. The maximum Gasteiger partial charge on any atom is 0.266 e. The van der Waals surface area contributed by atoms with Crippen molar-refractivity contribution in [1.29, 1.82) is 0 Å². The maximum absolute atomic E-state index is 14.0. The van der Waals surface area contributed by atoms with Crippen molar-refractivity contribution < 1.29 is 23.6 Å². The van der Waals surface area contributed by atoms with Crippen molar-refractivity contribution in [3.63, 3.8) is 0 Å². The summed E-state index contributed by atoms with van der Waals surface area (Å²) in [5.74, 6) is -1.32. The van der Waals surface area contributed by atoms with Crippen molar-refractivity contribution >= 4 is 39.1 Å². The zero-order chi connectivity index (χ0) is 23.8. The van der Waals surface area contributed by atoms with E-state index in [4.69, 9.17) is 9.57 Å². The van der Waals surface area contributed by atoms with E-state index in [2.05, 4.69) is 15.9 Å². The number of hydroxylamine groups is 1. The van der Waals surface area contributed by atoms with Crippen LogP contribution in [0, 0.1) is 11.7 Å². The normalized spacial score (nSPS) is 21.8. The molecule has 0 radical (unpaired) electrons. The minimum Gasteiger partial charge on any atom is -0.494 e. The van der Waals surface area contributed by atoms with Crippen molar-refractivity contribution in [2.75, 3.05) is 16.6 Å². The number of anilines is 2. The largest absolute Gasteiger partial charge is 0.494 e. The molecule has 2 amide bonds. The Morgan fingerprint density at radius 3 is 2.38 bits per heavy atom. The van der Waals surface area contributed by atoms with Gasteiger partial charge in [0.2, 0.25) is 5.91 Å². The monoisotopic (exact) mass is 524 g/mol. The fourth-order valence-corrected chi connectivity index (χ4v) is 4.81. The highest BCUT2D eigenvalue weighted by Gasteiger charge is 2.60. The van der Waals surface area contributed by atoms with Gasteiger partial charge >= 0.3 is 0 Å². The molecule has 2 aliphatic rings. The van der Waals surface area contributed by atoms with Gasteiger partial charge in [-0.2, -0.15) is 0 Å². The zero-order valence-electron chi connectivity index (χ0n) is 18.4. The van der Waals surface area contributed by atoms with Gasteiger partial charge in [0.15, 0.2) is 6.10 Å². The number of fused-ring (bicyclic) bond motifs is 1. The van der Waals surface area contributed by atoms with Crippen molar-refractivity contribution in [2.45, 2.75) is 25.5 Å². The molecule has 5 rings (SSSR count). The molecule has 0 spiro atoms. The number of rotatable bonds is 6. The molecule has 8 heteroatoms. The van der Waals surface area contributed by atoms with Crippen molar-refractivity contribution in [1.82, 2.24) is 0 Å². The molecule has 0 bridgehead atoms. The van der Waals surface area contributed by atoms with Crippen molar-refractivity contribution in [2.24, 2.45) is 5.92 Å². The molecule has 3 aromatic rings. The van der Waals surface area contributed by atoms with Gasteiger partial charge in [-0.05, 0) is 76.4 Å². The van der Waals surface area contributed by atoms with Gasteiger partial charge < -0.3 is 4.74 Å². The molecule has 0 aromatic heterocycles. The Bertz CT molecular complexity index is 1220. The van der Waals surface area contributed by atoms with Gasteiger partial charge in [-0.25, -0.2) is 14.4 Å². The van der Waals surface area contributed by atoms with E-state index in [1.807, 2.05) is 37.3 Å². The van der Waals surface area contributed by atoms with Crippen molar-refractivity contribution in [3.05, 3.63) is 88.6 Å². The molecule has 34 heavy (non-hydrogen) atoms. The topological polar surface area (TPSA) is 59.1 Å². The minimum absolute atomic E-state index is 0.276. The highest BCUT2D eigenvalue weighted by Crippen LogP contribution is 2.48. The van der Waals surface area contributed by atoms with Crippen molar-refractivity contribution in [3.8, 4) is 5.75 Å². The van der Waals surface area contributed by atoms with Gasteiger partial charge in [0, 0.05) is 0 Å². The number of ether oxygens (including phenoxy) is 1. The number of halogens is 2. The second-order valence-corrected chi connectivity index (χ2v) is 9.04. The summed E-state index contributed by atoms with van der Waals surface area (Å²) in [5, 5.41) is 1.59. The Balaban J connectivity index is 1.51. The first-order chi connectivity index (χ1) is 16.5. The summed E-state index contributed by atoms with van der Waals surface area (Å²) in [7, 11) is 0. The van der Waals surface area contributed by atoms with Gasteiger partial charge in [0.1, 0.15) is 17.5 Å². The summed E-state index contributed by atoms with van der Waals surface area (Å²) in [6, 6.07) is 20.1. The molecule has 2 aliphatic heterocycles. The predicted molar refractivity (Wildman–Crippen MR) is 129 cm³/mol. The summed E-state index contributed by atoms with van der Waals surface area (Å²) in [4.78, 5) is 34.3. The van der Waals surface area contributed by atoms with Crippen LogP contribution >= 0.6 is 15.9 Å². The average Bonchev–Trinajstić information content (AvgIpc) is 3.36. The molecule has 2 saturated heterocycles. The Morgan fingerprint density at radius 2 is 1.71 bits per heavy atom. The van der Waals surface area contributed by atoms with E-state index in [9.17, 15) is 14.0 Å². The number of amides is 2. The number of imide groups is 1. The second-order valence-electron chi connectivity index (χ2n) is 8.19. The Hall–Kier alpha value is -3.23. The van der Waals surface area contributed by atoms with Gasteiger partial charge in [-0.3, -0.25) is 14.4 Å². The lowest BCUT2D eigenvalue weighted by molar-refractivity contribution is -0.126. The molecule has 3 atom stereocenters. The molecule has 3 aromatic carbocycles. The molecule has 0 N–H and O–H groups in total. The second kappa shape index (κ2) is 9.19. The summed E-state index contributed by atoms with van der Waals surface area (Å²) in [5.41, 5.74) is 1.82. The van der Waals surface area contributed by atoms with Crippen LogP contribution in [-0.4, -0.2) is 24.5 Å². The molecule has 0 aliphatic carbocycles. The van der Waals surface area contributed by atoms with E-state index in [0.29, 0.717) is 29.3 Å². The third kappa shape index (κ3) is 3.86. The molecular formula is C26H22BrFN2O4. The van der Waals surface area contributed by atoms with Crippen LogP contribution in [0.1, 0.15) is 24.9 Å². The lowest BCUT2D eigenvalue weighted by atomic mass is 9.90. The minimum atomic E-state index is -0.988. The van der Waals surface area contributed by atoms with Crippen LogP contribution in [0.5, 0.6) is 5.75 Å². The number of para-hydroxylation sites is 1. The molecule has 6 nitrogen and oxygen atoms in total. The number of hydrogen-bond donors (Lipinski definition) is 0. The van der Waals surface area contributed by atoms with Gasteiger partial charge in [0.25, 0.3) is 5.91 Å². The first-order valence-electron chi connectivity index (χ1n) is 11.1. The predicted octanol–water partition coefficient (Wildman–Crippen LogP) is 5.43. The lowest BCUT2D eigenvalue weighted by Gasteiger charge is -2.29. The third-order valence-electron chi connectivity index (χ3n) is 5.98. The number of carbonyl (C=O) groups is 2. The van der Waals surface area contributed by atoms with Crippen LogP contribution in [0.15, 0.2) is 77.3 Å². The Labute approximate surface area is 205 Å². The average molecular weight is 525 g/mol. The van der Waals surface area contributed by atoms with E-state index in [-0.39, 0.29) is 10.4 Å². The van der Waals surface area contributed by atoms with Crippen LogP contribution < -0.4 is 14.7 Å². The number of hydrogen-bond acceptors (Lipinski definition) is 5. The number of nitrogens with zero attached hydrogens (tertiary/aromatic N) is 2.